The molecule has 0 saturated heterocycles. The molecule has 288 valence electrons. The molecule has 61 heavy (non-hydrogen) atoms. The van der Waals surface area contributed by atoms with E-state index in [1.54, 1.807) is 37.3 Å². The van der Waals surface area contributed by atoms with Crippen LogP contribution in [0.2, 0.25) is 0 Å². The molecule has 0 atom stereocenters. The predicted molar refractivity (Wildman–Crippen MR) is 237 cm³/mol. The molecule has 0 spiro atoms. The van der Waals surface area contributed by atoms with E-state index in [-0.39, 0.29) is 0 Å². The van der Waals surface area contributed by atoms with Crippen molar-refractivity contribution in [2.24, 2.45) is 0 Å². The molecule has 2 aromatic heterocycles. The van der Waals surface area contributed by atoms with Crippen LogP contribution < -0.4 is 0 Å². The molecule has 0 aliphatic heterocycles. The van der Waals surface area contributed by atoms with Crippen LogP contribution in [0, 0.1) is 36.2 Å². The van der Waals surface area contributed by atoms with Crippen molar-refractivity contribution >= 4 is 49.3 Å². The monoisotopic (exact) mass is 793 g/mol. The summed E-state index contributed by atoms with van der Waals surface area (Å²) in [5.74, 6) is 0. The number of aryl methyl sites for hydroxylation is 1. The maximum absolute atomic E-state index is 14.7. The number of nitriles is 2. The van der Waals surface area contributed by atoms with Gasteiger partial charge in [0.15, 0.2) is 5.69 Å². The highest BCUT2D eigenvalue weighted by Crippen LogP contribution is 2.45. The molecule has 2 heterocycles. The normalized spacial score (nSPS) is 11.6. The zero-order valence-corrected chi connectivity index (χ0v) is 32.5. The molecule has 0 unspecified atom stereocenters. The molecule has 10 rings (SSSR count). The summed E-state index contributed by atoms with van der Waals surface area (Å²) in [6, 6.07) is 54.8. The number of aromatic nitrogens is 2. The van der Waals surface area contributed by atoms with E-state index in [1.807, 2.05) is 124 Å². The number of hydrogen-bond acceptors (Lipinski definition) is 2. The van der Waals surface area contributed by atoms with Gasteiger partial charge in [-0.3, -0.25) is 0 Å². The van der Waals surface area contributed by atoms with Crippen LogP contribution in [-0.2, 0) is 6.18 Å². The minimum atomic E-state index is -4.62. The van der Waals surface area contributed by atoms with E-state index in [1.165, 1.54) is 6.07 Å². The fourth-order valence-electron chi connectivity index (χ4n) is 8.86. The minimum absolute atomic E-state index is 0.316. The molecule has 0 aliphatic carbocycles. The summed E-state index contributed by atoms with van der Waals surface area (Å²) >= 11 is 0. The highest BCUT2D eigenvalue weighted by Gasteiger charge is 2.32. The zero-order chi connectivity index (χ0) is 42.0. The molecular weight excluding hydrogens is 764 g/mol. The number of fused-ring (bicyclic) bond motifs is 6. The first-order valence-electron chi connectivity index (χ1n) is 19.5. The third kappa shape index (κ3) is 5.99. The Kier molecular flexibility index (Phi) is 8.58. The number of benzene rings is 8. The fourth-order valence-corrected chi connectivity index (χ4v) is 8.86. The van der Waals surface area contributed by atoms with Crippen molar-refractivity contribution < 1.29 is 13.2 Å². The first kappa shape index (κ1) is 36.9. The largest absolute Gasteiger partial charge is 0.416 e. The van der Waals surface area contributed by atoms with E-state index >= 15 is 0 Å². The van der Waals surface area contributed by atoms with Crippen molar-refractivity contribution in [3.8, 4) is 56.9 Å². The second-order valence-electron chi connectivity index (χ2n) is 15.0. The topological polar surface area (TPSA) is 61.8 Å². The van der Waals surface area contributed by atoms with Crippen LogP contribution in [0.5, 0.6) is 0 Å². The molecular formula is C53H30F3N5. The van der Waals surface area contributed by atoms with Gasteiger partial charge in [-0.15, -0.1) is 0 Å². The standard InChI is InChI=1S/C53H30F3N5/c1-32-23-37(27-38(24-32)53(54,55)56)52-50(60-46-17-9-6-14-41(46)43-28-34(19-21-48(43)60)39-12-4-3-11-36(39)31-58)25-33(30-57)26-51(52)61-47-18-10-7-15-42(47)44-29-35(20-22-49(44)61)40-13-5-8-16-45(40)59-2/h3-29H,1H3. The average molecular weight is 794 g/mol. The smallest absolute Gasteiger partial charge is 0.308 e. The lowest BCUT2D eigenvalue weighted by Gasteiger charge is -2.22. The Morgan fingerprint density at radius 3 is 1.62 bits per heavy atom. The summed E-state index contributed by atoms with van der Waals surface area (Å²) in [6.07, 6.45) is -4.62. The van der Waals surface area contributed by atoms with Crippen LogP contribution in [-0.4, -0.2) is 9.13 Å². The third-order valence-electron chi connectivity index (χ3n) is 11.4. The Labute approximate surface area is 348 Å². The summed E-state index contributed by atoms with van der Waals surface area (Å²) in [4.78, 5) is 3.76. The lowest BCUT2D eigenvalue weighted by atomic mass is 9.95. The minimum Gasteiger partial charge on any atom is -0.308 e. The maximum atomic E-state index is 14.7. The quantitative estimate of drug-likeness (QED) is 0.163. The van der Waals surface area contributed by atoms with E-state index in [4.69, 9.17) is 6.57 Å². The Morgan fingerprint density at radius 1 is 0.525 bits per heavy atom. The highest BCUT2D eigenvalue weighted by molar-refractivity contribution is 6.13. The zero-order valence-electron chi connectivity index (χ0n) is 32.5. The van der Waals surface area contributed by atoms with Gasteiger partial charge in [-0.1, -0.05) is 97.1 Å². The van der Waals surface area contributed by atoms with Gasteiger partial charge in [0.2, 0.25) is 0 Å². The Bertz CT molecular complexity index is 3390. The van der Waals surface area contributed by atoms with Crippen LogP contribution in [0.4, 0.5) is 18.9 Å². The van der Waals surface area contributed by atoms with E-state index in [2.05, 4.69) is 23.0 Å². The van der Waals surface area contributed by atoms with Gasteiger partial charge in [0.25, 0.3) is 0 Å². The Balaban J connectivity index is 1.34. The van der Waals surface area contributed by atoms with Crippen LogP contribution in [0.25, 0.3) is 93.2 Å². The van der Waals surface area contributed by atoms with Crippen LogP contribution in [0.15, 0.2) is 164 Å². The lowest BCUT2D eigenvalue weighted by Crippen LogP contribution is -2.08. The maximum Gasteiger partial charge on any atom is 0.416 e. The Hall–Kier alpha value is -8.38. The van der Waals surface area contributed by atoms with E-state index in [9.17, 15) is 23.7 Å². The summed E-state index contributed by atoms with van der Waals surface area (Å²) in [6.45, 7) is 9.47. The second kappa shape index (κ2) is 14.2. The van der Waals surface area contributed by atoms with Gasteiger partial charge in [-0.2, -0.15) is 23.7 Å². The molecule has 0 aliphatic rings. The predicted octanol–water partition coefficient (Wildman–Crippen LogP) is 14.5. The SMILES string of the molecule is [C-]#[N+]c1ccccc1-c1ccc2c(c1)c1ccccc1n2-c1cc(C#N)cc(-n2c3ccccc3c3cc(-c4ccccc4C#N)ccc32)c1-c1cc(C)cc(C(F)(F)F)c1. The number of halogens is 3. The summed E-state index contributed by atoms with van der Waals surface area (Å²) in [5, 5.41) is 24.3. The average Bonchev–Trinajstić information content (AvgIpc) is 3.80. The number of para-hydroxylation sites is 3. The van der Waals surface area contributed by atoms with Gasteiger partial charge in [0.05, 0.1) is 68.8 Å². The molecule has 0 radical (unpaired) electrons. The molecule has 8 heteroatoms. The molecule has 10 aromatic rings. The molecule has 5 nitrogen and oxygen atoms in total. The lowest BCUT2D eigenvalue weighted by molar-refractivity contribution is -0.137. The summed E-state index contributed by atoms with van der Waals surface area (Å²) < 4.78 is 48.3. The Morgan fingerprint density at radius 2 is 1.05 bits per heavy atom. The molecule has 0 saturated carbocycles. The van der Waals surface area contributed by atoms with Crippen molar-refractivity contribution in [1.82, 2.24) is 9.13 Å². The highest BCUT2D eigenvalue weighted by atomic mass is 19.4. The first-order valence-corrected chi connectivity index (χ1v) is 19.5. The molecule has 0 N–H and O–H groups in total. The number of hydrogen-bond donors (Lipinski definition) is 0. The van der Waals surface area contributed by atoms with Gasteiger partial charge in [0.1, 0.15) is 0 Å². The summed E-state index contributed by atoms with van der Waals surface area (Å²) in [7, 11) is 0. The van der Waals surface area contributed by atoms with Gasteiger partial charge in [0, 0.05) is 27.1 Å². The van der Waals surface area contributed by atoms with E-state index in [0.717, 1.165) is 71.9 Å². The molecule has 0 fully saturated rings. The fraction of sp³-hybridized carbons (Fsp3) is 0.0377. The van der Waals surface area contributed by atoms with Crippen LogP contribution >= 0.6 is 0 Å². The van der Waals surface area contributed by atoms with Gasteiger partial charge in [-0.25, -0.2) is 4.85 Å². The van der Waals surface area contributed by atoms with Crippen molar-refractivity contribution in [1.29, 1.82) is 10.5 Å². The van der Waals surface area contributed by atoms with Crippen LogP contribution in [0.3, 0.4) is 0 Å². The van der Waals surface area contributed by atoms with Crippen molar-refractivity contribution in [2.75, 3.05) is 0 Å². The van der Waals surface area contributed by atoms with Gasteiger partial charge in [-0.05, 0) is 107 Å². The summed E-state index contributed by atoms with van der Waals surface area (Å²) in [5.41, 5.74) is 9.31. The number of rotatable bonds is 5. The molecule has 8 aromatic carbocycles. The number of nitrogens with zero attached hydrogens (tertiary/aromatic N) is 5. The second-order valence-corrected chi connectivity index (χ2v) is 15.0. The van der Waals surface area contributed by atoms with Crippen molar-refractivity contribution in [2.45, 2.75) is 13.1 Å². The van der Waals surface area contributed by atoms with Crippen molar-refractivity contribution in [3.05, 3.63) is 197 Å². The van der Waals surface area contributed by atoms with Gasteiger partial charge < -0.3 is 9.13 Å². The number of alkyl halides is 3. The molecule has 0 amide bonds. The molecule has 0 bridgehead atoms. The van der Waals surface area contributed by atoms with E-state index < -0.39 is 11.7 Å². The van der Waals surface area contributed by atoms with E-state index in [0.29, 0.717) is 44.9 Å². The first-order chi connectivity index (χ1) is 29.7. The van der Waals surface area contributed by atoms with Crippen LogP contribution in [0.1, 0.15) is 22.3 Å². The van der Waals surface area contributed by atoms with Crippen molar-refractivity contribution in [3.63, 3.8) is 0 Å². The third-order valence-corrected chi connectivity index (χ3v) is 11.4. The van der Waals surface area contributed by atoms with Gasteiger partial charge >= 0.3 is 6.18 Å².